The first-order chi connectivity index (χ1) is 18.1. The minimum absolute atomic E-state index is 0.0633. The van der Waals surface area contributed by atoms with Crippen molar-refractivity contribution in [3.8, 4) is 0 Å². The lowest BCUT2D eigenvalue weighted by Crippen LogP contribution is -2.46. The molecule has 0 radical (unpaired) electrons. The lowest BCUT2D eigenvalue weighted by atomic mass is 10.1. The number of carbonyl (C=O) groups is 2. The van der Waals surface area contributed by atoms with Crippen LogP contribution in [-0.4, -0.2) is 64.8 Å². The second kappa shape index (κ2) is 12.9. The lowest BCUT2D eigenvalue weighted by molar-refractivity contribution is -0.0366. The van der Waals surface area contributed by atoms with Crippen LogP contribution in [-0.2, 0) is 20.6 Å². The summed E-state index contributed by atoms with van der Waals surface area (Å²) in [5, 5.41) is 9.12. The minimum atomic E-state index is -0.558. The number of nitrogens with zero attached hydrogens (tertiary/aromatic N) is 3. The molecule has 0 bridgehead atoms. The van der Waals surface area contributed by atoms with Crippen LogP contribution in [0.4, 0.5) is 9.59 Å². The molecule has 2 atom stereocenters. The number of hydrogen-bond acceptors (Lipinski definition) is 6. The Morgan fingerprint density at radius 2 is 2.03 bits per heavy atom. The van der Waals surface area contributed by atoms with Crippen molar-refractivity contribution in [1.82, 2.24) is 20.0 Å². The highest BCUT2D eigenvalue weighted by Crippen LogP contribution is 2.36. The summed E-state index contributed by atoms with van der Waals surface area (Å²) in [6.45, 7) is 7.57. The number of fused-ring (bicyclic) bond motifs is 1. The molecule has 1 N–H and O–H groups in total. The van der Waals surface area contributed by atoms with E-state index in [9.17, 15) is 9.59 Å². The van der Waals surface area contributed by atoms with Gasteiger partial charge in [0.25, 0.3) is 0 Å². The van der Waals surface area contributed by atoms with E-state index in [2.05, 4.69) is 26.3 Å². The molecule has 1 unspecified atom stereocenters. The van der Waals surface area contributed by atoms with Crippen LogP contribution < -0.4 is 5.32 Å². The van der Waals surface area contributed by atoms with Crippen molar-refractivity contribution in [2.75, 3.05) is 26.3 Å². The summed E-state index contributed by atoms with van der Waals surface area (Å²) in [5.41, 5.74) is 1.35. The predicted octanol–water partition coefficient (Wildman–Crippen LogP) is 6.60. The molecule has 2 aliphatic rings. The maximum absolute atomic E-state index is 12.5. The van der Waals surface area contributed by atoms with E-state index in [4.69, 9.17) is 25.8 Å². The van der Waals surface area contributed by atoms with Gasteiger partial charge >= 0.3 is 12.2 Å². The van der Waals surface area contributed by atoms with Crippen molar-refractivity contribution >= 4 is 50.6 Å². The number of alkyl carbamates (subject to hydrolysis) is 1. The zero-order chi connectivity index (χ0) is 27.3. The zero-order valence-electron chi connectivity index (χ0n) is 22.4. The number of hydrogen-bond donors (Lipinski definition) is 1. The van der Waals surface area contributed by atoms with Crippen LogP contribution in [0.1, 0.15) is 77.5 Å². The number of halogens is 2. The van der Waals surface area contributed by atoms with Crippen molar-refractivity contribution in [3.63, 3.8) is 0 Å². The van der Waals surface area contributed by atoms with Gasteiger partial charge in [-0.3, -0.25) is 0 Å². The van der Waals surface area contributed by atoms with Crippen molar-refractivity contribution in [3.05, 3.63) is 27.3 Å². The Hall–Kier alpha value is -2.04. The Balaban J connectivity index is 1.27. The van der Waals surface area contributed by atoms with Crippen LogP contribution in [0.25, 0.3) is 10.9 Å². The van der Waals surface area contributed by atoms with Gasteiger partial charge in [-0.05, 0) is 99.7 Å². The second-order valence-electron chi connectivity index (χ2n) is 11.0. The molecule has 2 fully saturated rings. The number of likely N-dealkylation sites (tertiary alicyclic amines) is 1. The summed E-state index contributed by atoms with van der Waals surface area (Å²) in [5.74, 6) is 0. The van der Waals surface area contributed by atoms with E-state index < -0.39 is 11.7 Å². The van der Waals surface area contributed by atoms with Crippen molar-refractivity contribution in [1.29, 1.82) is 0 Å². The minimum Gasteiger partial charge on any atom is -0.450 e. The Morgan fingerprint density at radius 3 is 2.76 bits per heavy atom. The highest BCUT2D eigenvalue weighted by Gasteiger charge is 2.27. The van der Waals surface area contributed by atoms with Gasteiger partial charge in [-0.1, -0.05) is 11.6 Å². The highest BCUT2D eigenvalue weighted by molar-refractivity contribution is 9.10. The fourth-order valence-electron chi connectivity index (χ4n) is 4.91. The van der Waals surface area contributed by atoms with Crippen LogP contribution in [0.5, 0.6) is 0 Å². The molecule has 2 saturated heterocycles. The number of benzene rings is 1. The Morgan fingerprint density at radius 1 is 1.24 bits per heavy atom. The largest absolute Gasteiger partial charge is 0.450 e. The Labute approximate surface area is 237 Å². The number of aromatic nitrogens is 2. The Kier molecular flexibility index (Phi) is 9.81. The van der Waals surface area contributed by atoms with E-state index in [1.807, 2.05) is 37.7 Å². The molecule has 0 saturated carbocycles. The molecule has 2 amide bonds. The molecule has 4 rings (SSSR count). The summed E-state index contributed by atoms with van der Waals surface area (Å²) >= 11 is 10.4. The lowest BCUT2D eigenvalue weighted by Gasteiger charge is -2.28. The fraction of sp³-hybridized carbons (Fsp3) is 0.667. The SMILES string of the molecule is CC(C)(C)OC(=O)N1CCCC[C@@H](NC(=O)OCCCc2c(Cl)cc3c(cnn3C3CCCCO3)c2Br)C1. The zero-order valence-corrected chi connectivity index (χ0v) is 24.8. The average Bonchev–Trinajstić information content (AvgIpc) is 3.14. The van der Waals surface area contributed by atoms with Crippen molar-refractivity contribution in [2.24, 2.45) is 0 Å². The molecule has 1 aromatic carbocycles. The molecule has 0 spiro atoms. The standard InChI is InChI=1S/C27H38BrClN4O5/c1-27(2,3)38-26(35)32-12-6-4-9-18(17-32)31-25(34)37-14-8-10-19-21(29)15-22-20(24(19)28)16-30-33(22)23-11-5-7-13-36-23/h15-16,18,23H,4-14,17H2,1-3H3,(H,31,34)/t18-,23?/m1/s1. The van der Waals surface area contributed by atoms with E-state index in [1.165, 1.54) is 0 Å². The van der Waals surface area contributed by atoms with Gasteiger partial charge in [0, 0.05) is 40.6 Å². The van der Waals surface area contributed by atoms with Crippen molar-refractivity contribution < 1.29 is 23.8 Å². The van der Waals surface area contributed by atoms with Crippen LogP contribution in [0.3, 0.4) is 0 Å². The molecule has 1 aromatic heterocycles. The van der Waals surface area contributed by atoms with Gasteiger partial charge in [-0.15, -0.1) is 0 Å². The maximum Gasteiger partial charge on any atom is 0.410 e. The van der Waals surface area contributed by atoms with E-state index in [0.29, 0.717) is 31.0 Å². The van der Waals surface area contributed by atoms with E-state index in [-0.39, 0.29) is 25.0 Å². The molecule has 210 valence electrons. The normalized spacial score (nSPS) is 20.7. The second-order valence-corrected chi connectivity index (χ2v) is 12.2. The van der Waals surface area contributed by atoms with Gasteiger partial charge in [0.15, 0.2) is 6.23 Å². The van der Waals surface area contributed by atoms with E-state index in [1.54, 1.807) is 4.90 Å². The van der Waals surface area contributed by atoms with E-state index >= 15 is 0 Å². The van der Waals surface area contributed by atoms with Gasteiger partial charge in [0.05, 0.1) is 18.3 Å². The molecule has 38 heavy (non-hydrogen) atoms. The van der Waals surface area contributed by atoms with Gasteiger partial charge in [0.2, 0.25) is 0 Å². The summed E-state index contributed by atoms with van der Waals surface area (Å²) in [7, 11) is 0. The predicted molar refractivity (Wildman–Crippen MR) is 150 cm³/mol. The molecular formula is C27H38BrClN4O5. The topological polar surface area (TPSA) is 94.9 Å². The molecule has 0 aliphatic carbocycles. The first kappa shape index (κ1) is 29.0. The van der Waals surface area contributed by atoms with Crippen LogP contribution in [0, 0.1) is 0 Å². The molecule has 11 heteroatoms. The molecule has 3 heterocycles. The van der Waals surface area contributed by atoms with Gasteiger partial charge in [0.1, 0.15) is 5.60 Å². The molecule has 2 aromatic rings. The summed E-state index contributed by atoms with van der Waals surface area (Å²) in [6, 6.07) is 1.77. The van der Waals surface area contributed by atoms with Gasteiger partial charge < -0.3 is 24.4 Å². The van der Waals surface area contributed by atoms with Crippen LogP contribution >= 0.6 is 27.5 Å². The van der Waals surface area contributed by atoms with Crippen LogP contribution in [0.2, 0.25) is 5.02 Å². The maximum atomic E-state index is 12.5. The Bertz CT molecular complexity index is 1130. The molecule has 2 aliphatic heterocycles. The first-order valence-electron chi connectivity index (χ1n) is 13.5. The number of amides is 2. The average molecular weight is 614 g/mol. The third kappa shape index (κ3) is 7.54. The van der Waals surface area contributed by atoms with Gasteiger partial charge in [-0.25, -0.2) is 14.3 Å². The van der Waals surface area contributed by atoms with Crippen LogP contribution in [0.15, 0.2) is 16.7 Å². The monoisotopic (exact) mass is 612 g/mol. The number of rotatable bonds is 6. The molecule has 9 nitrogen and oxygen atoms in total. The quantitative estimate of drug-likeness (QED) is 0.369. The smallest absolute Gasteiger partial charge is 0.410 e. The first-order valence-corrected chi connectivity index (χ1v) is 14.7. The number of nitrogens with one attached hydrogen (secondary N) is 1. The highest BCUT2D eigenvalue weighted by atomic mass is 79.9. The summed E-state index contributed by atoms with van der Waals surface area (Å²) in [6.07, 6.45) is 7.93. The number of ether oxygens (including phenoxy) is 3. The van der Waals surface area contributed by atoms with Crippen molar-refractivity contribution in [2.45, 2.75) is 90.0 Å². The summed E-state index contributed by atoms with van der Waals surface area (Å²) in [4.78, 5) is 26.6. The summed E-state index contributed by atoms with van der Waals surface area (Å²) < 4.78 is 19.7. The third-order valence-corrected chi connectivity index (χ3v) is 8.01. The van der Waals surface area contributed by atoms with Gasteiger partial charge in [-0.2, -0.15) is 5.10 Å². The number of carbonyl (C=O) groups excluding carboxylic acids is 2. The van der Waals surface area contributed by atoms with E-state index in [0.717, 1.165) is 66.1 Å². The molecular weight excluding hydrogens is 576 g/mol. The fourth-order valence-corrected chi connectivity index (χ4v) is 6.03. The third-order valence-electron chi connectivity index (χ3n) is 6.76.